The zero-order valence-corrected chi connectivity index (χ0v) is 11.6. The summed E-state index contributed by atoms with van der Waals surface area (Å²) in [5.74, 6) is 2.63. The normalized spacial score (nSPS) is 21.8. The smallest absolute Gasteiger partial charge is 0.147 e. The highest BCUT2D eigenvalue weighted by atomic mass is 15.3. The second-order valence-corrected chi connectivity index (χ2v) is 5.99. The van der Waals surface area contributed by atoms with E-state index in [9.17, 15) is 0 Å². The van der Waals surface area contributed by atoms with Gasteiger partial charge in [-0.05, 0) is 43.2 Å². The summed E-state index contributed by atoms with van der Waals surface area (Å²) in [7, 11) is 0. The predicted octanol–water partition coefficient (Wildman–Crippen LogP) is 2.34. The SMILES string of the molecule is NCc1nnc(C2CCc3ccccc3C2)n1C1CC1. The van der Waals surface area contributed by atoms with E-state index in [2.05, 4.69) is 39.0 Å². The Bertz CT molecular complexity index is 627. The van der Waals surface area contributed by atoms with Crippen LogP contribution >= 0.6 is 0 Å². The summed E-state index contributed by atoms with van der Waals surface area (Å²) in [5.41, 5.74) is 8.79. The molecule has 104 valence electrons. The van der Waals surface area contributed by atoms with Crippen LogP contribution in [0.1, 0.15) is 54.0 Å². The molecule has 2 aliphatic rings. The molecule has 4 rings (SSSR count). The largest absolute Gasteiger partial charge is 0.324 e. The molecule has 1 aromatic heterocycles. The predicted molar refractivity (Wildman–Crippen MR) is 77.4 cm³/mol. The number of benzene rings is 1. The second kappa shape index (κ2) is 4.70. The van der Waals surface area contributed by atoms with Gasteiger partial charge in [0.2, 0.25) is 0 Å². The van der Waals surface area contributed by atoms with Crippen LogP contribution in [0.25, 0.3) is 0 Å². The lowest BCUT2D eigenvalue weighted by atomic mass is 9.83. The second-order valence-electron chi connectivity index (χ2n) is 5.99. The van der Waals surface area contributed by atoms with Gasteiger partial charge in [-0.3, -0.25) is 0 Å². The van der Waals surface area contributed by atoms with Crippen molar-refractivity contribution in [3.63, 3.8) is 0 Å². The van der Waals surface area contributed by atoms with Crippen molar-refractivity contribution < 1.29 is 0 Å². The summed E-state index contributed by atoms with van der Waals surface area (Å²) in [6.45, 7) is 0.493. The molecule has 0 aliphatic heterocycles. The molecule has 1 saturated carbocycles. The molecule has 1 unspecified atom stereocenters. The molecule has 1 aromatic carbocycles. The first-order valence-electron chi connectivity index (χ1n) is 7.57. The van der Waals surface area contributed by atoms with Gasteiger partial charge in [0.15, 0.2) is 0 Å². The minimum absolute atomic E-state index is 0.493. The molecule has 0 radical (unpaired) electrons. The number of aromatic nitrogens is 3. The maximum absolute atomic E-state index is 5.81. The third-order valence-electron chi connectivity index (χ3n) is 4.60. The van der Waals surface area contributed by atoms with Gasteiger partial charge in [0.1, 0.15) is 11.6 Å². The van der Waals surface area contributed by atoms with E-state index in [1.165, 1.54) is 36.2 Å². The lowest BCUT2D eigenvalue weighted by Gasteiger charge is -2.24. The number of aryl methyl sites for hydroxylation is 1. The van der Waals surface area contributed by atoms with Crippen molar-refractivity contribution >= 4 is 0 Å². The van der Waals surface area contributed by atoms with Gasteiger partial charge >= 0.3 is 0 Å². The third kappa shape index (κ3) is 1.95. The molecule has 2 aliphatic carbocycles. The van der Waals surface area contributed by atoms with Crippen molar-refractivity contribution in [1.29, 1.82) is 0 Å². The zero-order chi connectivity index (χ0) is 13.5. The van der Waals surface area contributed by atoms with Crippen LogP contribution in [0.5, 0.6) is 0 Å². The van der Waals surface area contributed by atoms with Crippen LogP contribution in [0.2, 0.25) is 0 Å². The molecular formula is C16H20N4. The van der Waals surface area contributed by atoms with Gasteiger partial charge in [-0.15, -0.1) is 10.2 Å². The van der Waals surface area contributed by atoms with Crippen LogP contribution in [0.4, 0.5) is 0 Å². The molecule has 0 spiro atoms. The van der Waals surface area contributed by atoms with Crippen molar-refractivity contribution in [2.75, 3.05) is 0 Å². The van der Waals surface area contributed by atoms with Crippen LogP contribution in [0.3, 0.4) is 0 Å². The average Bonchev–Trinajstić information content (AvgIpc) is 3.25. The summed E-state index contributed by atoms with van der Waals surface area (Å²) in [5, 5.41) is 8.79. The minimum atomic E-state index is 0.493. The van der Waals surface area contributed by atoms with E-state index in [1.54, 1.807) is 0 Å². The lowest BCUT2D eigenvalue weighted by Crippen LogP contribution is -2.18. The van der Waals surface area contributed by atoms with Gasteiger partial charge in [-0.25, -0.2) is 0 Å². The van der Waals surface area contributed by atoms with Crippen molar-refractivity contribution in [2.45, 2.75) is 50.6 Å². The Labute approximate surface area is 119 Å². The highest BCUT2D eigenvalue weighted by molar-refractivity contribution is 5.31. The highest BCUT2D eigenvalue weighted by Gasteiger charge is 2.32. The summed E-state index contributed by atoms with van der Waals surface area (Å²) in [4.78, 5) is 0. The summed E-state index contributed by atoms with van der Waals surface area (Å²) in [6, 6.07) is 9.39. The number of hydrogen-bond donors (Lipinski definition) is 1. The van der Waals surface area contributed by atoms with Crippen molar-refractivity contribution in [2.24, 2.45) is 5.73 Å². The van der Waals surface area contributed by atoms with Crippen LogP contribution in [-0.4, -0.2) is 14.8 Å². The number of nitrogens with two attached hydrogens (primary N) is 1. The molecule has 20 heavy (non-hydrogen) atoms. The summed E-state index contributed by atoms with van der Waals surface area (Å²) < 4.78 is 2.33. The van der Waals surface area contributed by atoms with E-state index in [-0.39, 0.29) is 0 Å². The number of fused-ring (bicyclic) bond motifs is 1. The molecule has 2 N–H and O–H groups in total. The Hall–Kier alpha value is -1.68. The van der Waals surface area contributed by atoms with Crippen LogP contribution in [0, 0.1) is 0 Å². The van der Waals surface area contributed by atoms with E-state index in [0.29, 0.717) is 18.5 Å². The molecular weight excluding hydrogens is 248 g/mol. The summed E-state index contributed by atoms with van der Waals surface area (Å²) in [6.07, 6.45) is 5.91. The summed E-state index contributed by atoms with van der Waals surface area (Å²) >= 11 is 0. The molecule has 0 saturated heterocycles. The maximum Gasteiger partial charge on any atom is 0.147 e. The minimum Gasteiger partial charge on any atom is -0.324 e. The Kier molecular flexibility index (Phi) is 2.84. The van der Waals surface area contributed by atoms with Crippen molar-refractivity contribution in [3.05, 3.63) is 47.0 Å². The standard InChI is InChI=1S/C16H20N4/c17-10-15-18-19-16(20(15)14-7-8-14)13-6-5-11-3-1-2-4-12(11)9-13/h1-4,13-14H,5-10,17H2. The Morgan fingerprint density at radius 1 is 1.10 bits per heavy atom. The highest BCUT2D eigenvalue weighted by Crippen LogP contribution is 2.40. The van der Waals surface area contributed by atoms with Gasteiger partial charge in [-0.2, -0.15) is 0 Å². The van der Waals surface area contributed by atoms with E-state index < -0.39 is 0 Å². The molecule has 1 heterocycles. The number of hydrogen-bond acceptors (Lipinski definition) is 3. The average molecular weight is 268 g/mol. The van der Waals surface area contributed by atoms with E-state index >= 15 is 0 Å². The first kappa shape index (κ1) is 12.1. The molecule has 1 atom stereocenters. The van der Waals surface area contributed by atoms with Gasteiger partial charge in [0.05, 0.1) is 6.54 Å². The first-order valence-corrected chi connectivity index (χ1v) is 7.57. The molecule has 1 fully saturated rings. The third-order valence-corrected chi connectivity index (χ3v) is 4.60. The fourth-order valence-electron chi connectivity index (χ4n) is 3.40. The molecule has 4 heteroatoms. The van der Waals surface area contributed by atoms with Crippen LogP contribution in [0.15, 0.2) is 24.3 Å². The fraction of sp³-hybridized carbons (Fsp3) is 0.500. The lowest BCUT2D eigenvalue weighted by molar-refractivity contribution is 0.514. The van der Waals surface area contributed by atoms with E-state index in [4.69, 9.17) is 5.73 Å². The Morgan fingerprint density at radius 2 is 1.90 bits per heavy atom. The Morgan fingerprint density at radius 3 is 2.65 bits per heavy atom. The zero-order valence-electron chi connectivity index (χ0n) is 11.6. The van der Waals surface area contributed by atoms with Crippen molar-refractivity contribution in [1.82, 2.24) is 14.8 Å². The quantitative estimate of drug-likeness (QED) is 0.929. The van der Waals surface area contributed by atoms with Gasteiger partial charge in [0, 0.05) is 12.0 Å². The number of rotatable bonds is 3. The van der Waals surface area contributed by atoms with Crippen LogP contribution < -0.4 is 5.73 Å². The van der Waals surface area contributed by atoms with E-state index in [0.717, 1.165) is 18.7 Å². The van der Waals surface area contributed by atoms with Gasteiger partial charge < -0.3 is 10.3 Å². The van der Waals surface area contributed by atoms with Gasteiger partial charge in [0.25, 0.3) is 0 Å². The fourth-order valence-corrected chi connectivity index (χ4v) is 3.40. The monoisotopic (exact) mass is 268 g/mol. The van der Waals surface area contributed by atoms with Crippen molar-refractivity contribution in [3.8, 4) is 0 Å². The number of nitrogens with zero attached hydrogens (tertiary/aromatic N) is 3. The van der Waals surface area contributed by atoms with E-state index in [1.807, 2.05) is 0 Å². The molecule has 0 amide bonds. The molecule has 4 nitrogen and oxygen atoms in total. The molecule has 0 bridgehead atoms. The van der Waals surface area contributed by atoms with Crippen LogP contribution in [-0.2, 0) is 19.4 Å². The van der Waals surface area contributed by atoms with Gasteiger partial charge in [-0.1, -0.05) is 24.3 Å². The Balaban J connectivity index is 1.68. The first-order chi connectivity index (χ1) is 9.86. The topological polar surface area (TPSA) is 56.7 Å². The molecule has 2 aromatic rings. The maximum atomic E-state index is 5.81.